The smallest absolute Gasteiger partial charge is 0.258 e. The molecule has 96 valence electrons. The van der Waals surface area contributed by atoms with Crippen molar-refractivity contribution >= 4 is 43.4 Å². The van der Waals surface area contributed by atoms with Crippen molar-refractivity contribution in [1.29, 1.82) is 0 Å². The first-order chi connectivity index (χ1) is 9.20. The van der Waals surface area contributed by atoms with Crippen LogP contribution in [0.4, 0.5) is 5.82 Å². The SMILES string of the molecule is CCNc1nc2cc[nH]c(=O)c2c2cc(Br)ccc12. The average Bonchev–Trinajstić information content (AvgIpc) is 2.38. The molecule has 3 rings (SSSR count). The van der Waals surface area contributed by atoms with Gasteiger partial charge in [0.25, 0.3) is 5.56 Å². The number of hydrogen-bond acceptors (Lipinski definition) is 3. The number of rotatable bonds is 2. The summed E-state index contributed by atoms with van der Waals surface area (Å²) in [6, 6.07) is 7.69. The summed E-state index contributed by atoms with van der Waals surface area (Å²) in [7, 11) is 0. The monoisotopic (exact) mass is 317 g/mol. The Morgan fingerprint density at radius 2 is 2.16 bits per heavy atom. The van der Waals surface area contributed by atoms with E-state index in [-0.39, 0.29) is 5.56 Å². The van der Waals surface area contributed by atoms with Gasteiger partial charge in [-0.05, 0) is 31.2 Å². The van der Waals surface area contributed by atoms with Crippen molar-refractivity contribution in [2.45, 2.75) is 6.92 Å². The minimum absolute atomic E-state index is 0.115. The summed E-state index contributed by atoms with van der Waals surface area (Å²) in [5.41, 5.74) is 0.585. The molecule has 0 atom stereocenters. The topological polar surface area (TPSA) is 57.8 Å². The summed E-state index contributed by atoms with van der Waals surface area (Å²) in [6.45, 7) is 2.81. The zero-order chi connectivity index (χ0) is 13.4. The highest BCUT2D eigenvalue weighted by molar-refractivity contribution is 9.10. The molecule has 0 fully saturated rings. The number of pyridine rings is 2. The summed E-state index contributed by atoms with van der Waals surface area (Å²) in [6.07, 6.45) is 1.62. The van der Waals surface area contributed by atoms with E-state index in [0.717, 1.165) is 27.6 Å². The molecule has 2 aromatic heterocycles. The lowest BCUT2D eigenvalue weighted by atomic mass is 10.1. The minimum atomic E-state index is -0.115. The van der Waals surface area contributed by atoms with Gasteiger partial charge in [-0.1, -0.05) is 15.9 Å². The van der Waals surface area contributed by atoms with Crippen LogP contribution in [0.15, 0.2) is 39.7 Å². The molecule has 0 aliphatic rings. The molecule has 19 heavy (non-hydrogen) atoms. The van der Waals surface area contributed by atoms with Gasteiger partial charge in [-0.3, -0.25) is 4.79 Å². The quantitative estimate of drug-likeness (QED) is 0.713. The molecule has 3 aromatic rings. The van der Waals surface area contributed by atoms with Gasteiger partial charge in [0.05, 0.1) is 10.9 Å². The Balaban J connectivity index is 2.55. The molecule has 0 unspecified atom stereocenters. The Morgan fingerprint density at radius 1 is 1.32 bits per heavy atom. The van der Waals surface area contributed by atoms with E-state index in [9.17, 15) is 4.79 Å². The zero-order valence-electron chi connectivity index (χ0n) is 10.3. The summed E-state index contributed by atoms with van der Waals surface area (Å²) in [4.78, 5) is 19.3. The van der Waals surface area contributed by atoms with Crippen LogP contribution in [0, 0.1) is 0 Å². The number of H-pyrrole nitrogens is 1. The number of fused-ring (bicyclic) bond motifs is 3. The fourth-order valence-electron chi connectivity index (χ4n) is 2.23. The van der Waals surface area contributed by atoms with E-state index in [1.807, 2.05) is 31.2 Å². The number of nitrogens with one attached hydrogen (secondary N) is 2. The Kier molecular flexibility index (Phi) is 2.98. The van der Waals surface area contributed by atoms with Crippen molar-refractivity contribution in [3.8, 4) is 0 Å². The van der Waals surface area contributed by atoms with Crippen LogP contribution >= 0.6 is 15.9 Å². The van der Waals surface area contributed by atoms with Crippen LogP contribution in [-0.4, -0.2) is 16.5 Å². The number of aromatic amines is 1. The second kappa shape index (κ2) is 4.66. The summed E-state index contributed by atoms with van der Waals surface area (Å²) < 4.78 is 0.943. The molecule has 2 heterocycles. The number of nitrogens with zero attached hydrogens (tertiary/aromatic N) is 1. The van der Waals surface area contributed by atoms with Gasteiger partial charge in [-0.2, -0.15) is 0 Å². The number of hydrogen-bond donors (Lipinski definition) is 2. The third kappa shape index (κ3) is 2.00. The predicted molar refractivity (Wildman–Crippen MR) is 81.7 cm³/mol. The fourth-order valence-corrected chi connectivity index (χ4v) is 2.60. The number of benzene rings is 1. The Morgan fingerprint density at radius 3 is 2.95 bits per heavy atom. The van der Waals surface area contributed by atoms with Gasteiger partial charge in [-0.25, -0.2) is 4.98 Å². The minimum Gasteiger partial charge on any atom is -0.370 e. The lowest BCUT2D eigenvalue weighted by Gasteiger charge is -2.10. The Labute approximate surface area is 118 Å². The Hall–Kier alpha value is -1.88. The van der Waals surface area contributed by atoms with E-state index < -0.39 is 0 Å². The second-order valence-electron chi connectivity index (χ2n) is 4.25. The molecule has 0 saturated carbocycles. The van der Waals surface area contributed by atoms with E-state index in [4.69, 9.17) is 0 Å². The van der Waals surface area contributed by atoms with Gasteiger partial charge in [0.15, 0.2) is 0 Å². The molecular formula is C14H12BrN3O. The standard InChI is InChI=1S/C14H12BrN3O/c1-2-16-13-9-4-3-8(15)7-10(9)12-11(18-13)5-6-17-14(12)19/h3-7H,2H2,1H3,(H,16,18)(H,17,19). The molecule has 0 spiro atoms. The molecular weight excluding hydrogens is 306 g/mol. The van der Waals surface area contributed by atoms with E-state index in [1.54, 1.807) is 6.20 Å². The lowest BCUT2D eigenvalue weighted by molar-refractivity contribution is 1.18. The number of aromatic nitrogens is 2. The maximum atomic E-state index is 12.0. The van der Waals surface area contributed by atoms with Crippen molar-refractivity contribution in [3.05, 3.63) is 45.3 Å². The molecule has 0 amide bonds. The lowest BCUT2D eigenvalue weighted by Crippen LogP contribution is -2.08. The summed E-state index contributed by atoms with van der Waals surface area (Å²) in [5, 5.41) is 5.72. The molecule has 0 saturated heterocycles. The highest BCUT2D eigenvalue weighted by atomic mass is 79.9. The summed E-state index contributed by atoms with van der Waals surface area (Å²) in [5.74, 6) is 0.808. The van der Waals surface area contributed by atoms with Crippen LogP contribution in [-0.2, 0) is 0 Å². The second-order valence-corrected chi connectivity index (χ2v) is 5.16. The molecule has 1 aromatic carbocycles. The van der Waals surface area contributed by atoms with Crippen LogP contribution in [0.3, 0.4) is 0 Å². The van der Waals surface area contributed by atoms with Crippen LogP contribution in [0.25, 0.3) is 21.7 Å². The molecule has 0 aliphatic carbocycles. The molecule has 5 heteroatoms. The van der Waals surface area contributed by atoms with Crippen molar-refractivity contribution in [1.82, 2.24) is 9.97 Å². The van der Waals surface area contributed by atoms with Crippen molar-refractivity contribution in [2.75, 3.05) is 11.9 Å². The van der Waals surface area contributed by atoms with E-state index in [0.29, 0.717) is 10.9 Å². The normalized spacial score (nSPS) is 11.1. The first-order valence-electron chi connectivity index (χ1n) is 6.05. The van der Waals surface area contributed by atoms with Gasteiger partial charge in [0.1, 0.15) is 5.82 Å². The van der Waals surface area contributed by atoms with Gasteiger partial charge in [0, 0.05) is 28.0 Å². The molecule has 0 radical (unpaired) electrons. The van der Waals surface area contributed by atoms with Crippen LogP contribution < -0.4 is 10.9 Å². The first kappa shape index (κ1) is 12.2. The molecule has 0 aliphatic heterocycles. The fraction of sp³-hybridized carbons (Fsp3) is 0.143. The highest BCUT2D eigenvalue weighted by Crippen LogP contribution is 2.29. The molecule has 0 bridgehead atoms. The van der Waals surface area contributed by atoms with Crippen LogP contribution in [0.2, 0.25) is 0 Å². The predicted octanol–water partition coefficient (Wildman–Crippen LogP) is 3.27. The highest BCUT2D eigenvalue weighted by Gasteiger charge is 2.10. The van der Waals surface area contributed by atoms with E-state index in [1.165, 1.54) is 0 Å². The third-order valence-corrected chi connectivity index (χ3v) is 3.51. The maximum Gasteiger partial charge on any atom is 0.258 e. The van der Waals surface area contributed by atoms with Crippen molar-refractivity contribution in [3.63, 3.8) is 0 Å². The largest absolute Gasteiger partial charge is 0.370 e. The van der Waals surface area contributed by atoms with E-state index in [2.05, 4.69) is 31.2 Å². The van der Waals surface area contributed by atoms with Gasteiger partial charge >= 0.3 is 0 Å². The average molecular weight is 318 g/mol. The molecule has 2 N–H and O–H groups in total. The Bertz CT molecular complexity index is 826. The third-order valence-electron chi connectivity index (χ3n) is 3.02. The van der Waals surface area contributed by atoms with Crippen molar-refractivity contribution in [2.24, 2.45) is 0 Å². The van der Waals surface area contributed by atoms with Gasteiger partial charge in [-0.15, -0.1) is 0 Å². The maximum absolute atomic E-state index is 12.0. The number of halogens is 1. The summed E-state index contributed by atoms with van der Waals surface area (Å²) >= 11 is 3.45. The van der Waals surface area contributed by atoms with Crippen LogP contribution in [0.5, 0.6) is 0 Å². The van der Waals surface area contributed by atoms with Gasteiger partial charge in [0.2, 0.25) is 0 Å². The van der Waals surface area contributed by atoms with E-state index >= 15 is 0 Å². The zero-order valence-corrected chi connectivity index (χ0v) is 11.9. The van der Waals surface area contributed by atoms with Crippen LogP contribution in [0.1, 0.15) is 6.92 Å². The number of anilines is 1. The molecule has 4 nitrogen and oxygen atoms in total. The first-order valence-corrected chi connectivity index (χ1v) is 6.84. The van der Waals surface area contributed by atoms with Gasteiger partial charge < -0.3 is 10.3 Å². The van der Waals surface area contributed by atoms with Crippen molar-refractivity contribution < 1.29 is 0 Å².